The largest absolute Gasteiger partial charge is 0.494 e. The molecule has 1 N–H and O–H groups in total. The average molecular weight is 397 g/mol. The average Bonchev–Trinajstić information content (AvgIpc) is 3.13. The molecule has 8 heteroatoms. The predicted octanol–water partition coefficient (Wildman–Crippen LogP) is 3.39. The van der Waals surface area contributed by atoms with E-state index in [0.717, 1.165) is 5.56 Å². The molecule has 1 aliphatic rings. The van der Waals surface area contributed by atoms with E-state index in [1.807, 2.05) is 6.92 Å². The van der Waals surface area contributed by atoms with Gasteiger partial charge in [-0.1, -0.05) is 12.1 Å². The molecule has 7 nitrogen and oxygen atoms in total. The number of hydrazone groups is 1. The predicted molar refractivity (Wildman–Crippen MR) is 107 cm³/mol. The maximum absolute atomic E-state index is 13.1. The molecule has 29 heavy (non-hydrogen) atoms. The van der Waals surface area contributed by atoms with Crippen LogP contribution >= 0.6 is 0 Å². The molecule has 3 aromatic rings. The summed E-state index contributed by atoms with van der Waals surface area (Å²) in [5.74, 6) is 0.985. The van der Waals surface area contributed by atoms with Gasteiger partial charge in [-0.25, -0.2) is 4.39 Å². The van der Waals surface area contributed by atoms with Crippen LogP contribution in [0.2, 0.25) is 0 Å². The van der Waals surface area contributed by atoms with Gasteiger partial charge in [0.25, 0.3) is 0 Å². The van der Waals surface area contributed by atoms with Crippen molar-refractivity contribution in [1.29, 1.82) is 0 Å². The minimum absolute atomic E-state index is 0.174. The van der Waals surface area contributed by atoms with Gasteiger partial charge in [0.1, 0.15) is 41.2 Å². The number of ether oxygens (including phenoxy) is 2. The Morgan fingerprint density at radius 3 is 2.69 bits per heavy atom. The van der Waals surface area contributed by atoms with Gasteiger partial charge >= 0.3 is 0 Å². The van der Waals surface area contributed by atoms with Crippen LogP contribution in [0.5, 0.6) is 11.5 Å². The van der Waals surface area contributed by atoms with Crippen molar-refractivity contribution in [3.8, 4) is 11.5 Å². The first-order valence-electron chi connectivity index (χ1n) is 9.18. The van der Waals surface area contributed by atoms with Gasteiger partial charge in [-0.3, -0.25) is 9.80 Å². The van der Waals surface area contributed by atoms with E-state index in [2.05, 4.69) is 10.4 Å². The monoisotopic (exact) mass is 397 g/mol. The van der Waals surface area contributed by atoms with Crippen LogP contribution in [0.1, 0.15) is 24.4 Å². The number of nitrogens with one attached hydrogen (secondary N) is 1. The van der Waals surface area contributed by atoms with Crippen LogP contribution < -0.4 is 20.2 Å². The van der Waals surface area contributed by atoms with E-state index >= 15 is 0 Å². The molecule has 0 fully saturated rings. The molecule has 0 aliphatic carbocycles. The topological polar surface area (TPSA) is 76.3 Å². The second-order valence-corrected chi connectivity index (χ2v) is 6.54. The summed E-state index contributed by atoms with van der Waals surface area (Å²) in [5, 5.41) is 9.10. The Bertz CT molecular complexity index is 1110. The molecule has 0 spiro atoms. The van der Waals surface area contributed by atoms with E-state index in [0.29, 0.717) is 34.8 Å². The molecule has 1 aliphatic heterocycles. The Labute approximate surface area is 166 Å². The van der Waals surface area contributed by atoms with E-state index in [9.17, 15) is 9.18 Å². The molecule has 0 unspecified atom stereocenters. The van der Waals surface area contributed by atoms with Crippen molar-refractivity contribution >= 4 is 17.3 Å². The van der Waals surface area contributed by atoms with Crippen LogP contribution in [-0.4, -0.2) is 25.0 Å². The molecule has 2 aromatic carbocycles. The summed E-state index contributed by atoms with van der Waals surface area (Å²) in [7, 11) is 1.78. The second-order valence-electron chi connectivity index (χ2n) is 6.54. The van der Waals surface area contributed by atoms with Crippen molar-refractivity contribution < 1.29 is 18.3 Å². The lowest BCUT2D eigenvalue weighted by molar-refractivity contribution is 0.237. The maximum atomic E-state index is 13.1. The quantitative estimate of drug-likeness (QED) is 0.687. The molecule has 4 rings (SSSR count). The molecule has 0 bridgehead atoms. The van der Waals surface area contributed by atoms with Crippen molar-refractivity contribution in [3.63, 3.8) is 0 Å². The number of halogens is 1. The fourth-order valence-corrected chi connectivity index (χ4v) is 3.12. The Balaban J connectivity index is 1.73. The lowest BCUT2D eigenvalue weighted by Gasteiger charge is -2.18. The molecule has 0 amide bonds. The van der Waals surface area contributed by atoms with Crippen LogP contribution in [0.3, 0.4) is 0 Å². The number of fused-ring (bicyclic) bond motifs is 1. The highest BCUT2D eigenvalue weighted by molar-refractivity contribution is 5.85. The van der Waals surface area contributed by atoms with Gasteiger partial charge in [-0.05, 0) is 24.6 Å². The summed E-state index contributed by atoms with van der Waals surface area (Å²) >= 11 is 0. The van der Waals surface area contributed by atoms with Gasteiger partial charge in [0.05, 0.1) is 6.61 Å². The van der Waals surface area contributed by atoms with Crippen LogP contribution in [0.4, 0.5) is 4.39 Å². The van der Waals surface area contributed by atoms with Crippen molar-refractivity contribution in [3.05, 3.63) is 69.8 Å². The van der Waals surface area contributed by atoms with Crippen LogP contribution in [0.25, 0.3) is 11.0 Å². The van der Waals surface area contributed by atoms with Crippen LogP contribution in [-0.2, 0) is 6.61 Å². The smallest absolute Gasteiger partial charge is 0.196 e. The molecular weight excluding hydrogens is 377 g/mol. The van der Waals surface area contributed by atoms with E-state index in [1.54, 1.807) is 42.7 Å². The minimum atomic E-state index is -0.369. The fourth-order valence-electron chi connectivity index (χ4n) is 3.12. The third-order valence-corrected chi connectivity index (χ3v) is 4.52. The Morgan fingerprint density at radius 1 is 1.21 bits per heavy atom. The van der Waals surface area contributed by atoms with E-state index < -0.39 is 0 Å². The molecule has 150 valence electrons. The maximum Gasteiger partial charge on any atom is 0.196 e. The molecule has 1 atom stereocenters. The summed E-state index contributed by atoms with van der Waals surface area (Å²) < 4.78 is 30.6. The summed E-state index contributed by atoms with van der Waals surface area (Å²) in [6.45, 7) is 2.49. The minimum Gasteiger partial charge on any atom is -0.494 e. The summed E-state index contributed by atoms with van der Waals surface area (Å²) in [6.07, 6.45) is 1.18. The zero-order valence-electron chi connectivity index (χ0n) is 16.0. The third-order valence-electron chi connectivity index (χ3n) is 4.52. The SMILES string of the molecule is CCOc1cc(OCc2ccc(F)cc2)c2c(=O)cc([C@H]3NC=NN3C)oc2c1. The zero-order chi connectivity index (χ0) is 20.4. The molecule has 1 aromatic heterocycles. The molecule has 0 saturated carbocycles. The number of hydrogen-bond donors (Lipinski definition) is 1. The molecule has 0 radical (unpaired) electrons. The van der Waals surface area contributed by atoms with Gasteiger partial charge in [0.15, 0.2) is 17.4 Å². The molecule has 2 heterocycles. The second kappa shape index (κ2) is 7.83. The van der Waals surface area contributed by atoms with Crippen LogP contribution in [0.15, 0.2) is 56.8 Å². The Hall–Kier alpha value is -3.55. The van der Waals surface area contributed by atoms with Crippen molar-refractivity contribution in [2.24, 2.45) is 5.10 Å². The van der Waals surface area contributed by atoms with E-state index in [4.69, 9.17) is 13.9 Å². The molecular formula is C21H20FN3O4. The van der Waals surface area contributed by atoms with Crippen molar-refractivity contribution in [2.45, 2.75) is 19.7 Å². The number of benzene rings is 2. The lowest BCUT2D eigenvalue weighted by atomic mass is 10.1. The molecule has 0 saturated heterocycles. The van der Waals surface area contributed by atoms with Gasteiger partial charge in [-0.15, -0.1) is 0 Å². The van der Waals surface area contributed by atoms with Gasteiger partial charge < -0.3 is 19.2 Å². The van der Waals surface area contributed by atoms with Gasteiger partial charge in [0, 0.05) is 25.2 Å². The number of rotatable bonds is 6. The normalized spacial score (nSPS) is 15.6. The van der Waals surface area contributed by atoms with Crippen molar-refractivity contribution in [2.75, 3.05) is 13.7 Å². The first kappa shape index (κ1) is 18.8. The first-order valence-corrected chi connectivity index (χ1v) is 9.18. The highest BCUT2D eigenvalue weighted by Gasteiger charge is 2.23. The Morgan fingerprint density at radius 2 is 2.00 bits per heavy atom. The zero-order valence-corrected chi connectivity index (χ0v) is 16.0. The third kappa shape index (κ3) is 3.87. The highest BCUT2D eigenvalue weighted by Crippen LogP contribution is 2.32. The first-order chi connectivity index (χ1) is 14.0. The van der Waals surface area contributed by atoms with Crippen molar-refractivity contribution in [1.82, 2.24) is 10.3 Å². The van der Waals surface area contributed by atoms with Gasteiger partial charge in [0.2, 0.25) is 0 Å². The summed E-state index contributed by atoms with van der Waals surface area (Å²) in [4.78, 5) is 12.9. The Kier molecular flexibility index (Phi) is 5.07. The standard InChI is InChI=1S/C21H20FN3O4/c1-3-27-15-8-17(28-11-13-4-6-14(22)7-5-13)20-16(26)10-19(29-18(20)9-15)21-23-12-24-25(21)2/h4-10,12,21H,3,11H2,1-2H3,(H,23,24)/t21-/m0/s1. The highest BCUT2D eigenvalue weighted by atomic mass is 19.1. The number of nitrogens with zero attached hydrogens (tertiary/aromatic N) is 2. The fraction of sp³-hybridized carbons (Fsp3) is 0.238. The summed E-state index contributed by atoms with van der Waals surface area (Å²) in [5.41, 5.74) is 0.895. The number of hydrogen-bond acceptors (Lipinski definition) is 7. The van der Waals surface area contributed by atoms with E-state index in [-0.39, 0.29) is 24.0 Å². The van der Waals surface area contributed by atoms with Gasteiger partial charge in [-0.2, -0.15) is 5.10 Å². The summed E-state index contributed by atoms with van der Waals surface area (Å²) in [6, 6.07) is 10.7. The lowest BCUT2D eigenvalue weighted by Crippen LogP contribution is -2.25. The van der Waals surface area contributed by atoms with Crippen LogP contribution in [0, 0.1) is 5.82 Å². The van der Waals surface area contributed by atoms with E-state index in [1.165, 1.54) is 18.2 Å².